The Kier molecular flexibility index (Phi) is 3.84. The summed E-state index contributed by atoms with van der Waals surface area (Å²) in [6.07, 6.45) is 5.16. The van der Waals surface area contributed by atoms with Gasteiger partial charge in [-0.2, -0.15) is 5.10 Å². The number of ether oxygens (including phenoxy) is 1. The second-order valence-corrected chi connectivity index (χ2v) is 6.80. The van der Waals surface area contributed by atoms with Gasteiger partial charge in [0, 0.05) is 6.54 Å². The molecule has 1 saturated carbocycles. The second kappa shape index (κ2) is 6.02. The number of aromatic nitrogens is 3. The van der Waals surface area contributed by atoms with Gasteiger partial charge in [-0.1, -0.05) is 24.3 Å². The molecule has 1 aliphatic heterocycles. The molecule has 6 nitrogen and oxygen atoms in total. The highest BCUT2D eigenvalue weighted by Crippen LogP contribution is 2.49. The Morgan fingerprint density at radius 1 is 1.38 bits per heavy atom. The summed E-state index contributed by atoms with van der Waals surface area (Å²) in [5.74, 6) is 0.894. The minimum Gasteiger partial charge on any atom is -0.365 e. The zero-order valence-electron chi connectivity index (χ0n) is 13.8. The molecule has 1 aromatic heterocycles. The summed E-state index contributed by atoms with van der Waals surface area (Å²) in [6.45, 7) is 2.63. The lowest BCUT2D eigenvalue weighted by Crippen LogP contribution is -2.39. The molecule has 0 bridgehead atoms. The van der Waals surface area contributed by atoms with Crippen molar-refractivity contribution in [3.63, 3.8) is 0 Å². The third-order valence-electron chi connectivity index (χ3n) is 5.18. The Bertz CT molecular complexity index is 724. The largest absolute Gasteiger partial charge is 0.365 e. The molecule has 1 aromatic carbocycles. The van der Waals surface area contributed by atoms with Crippen LogP contribution < -0.4 is 5.32 Å². The van der Waals surface area contributed by atoms with Crippen LogP contribution in [0.15, 0.2) is 30.6 Å². The summed E-state index contributed by atoms with van der Waals surface area (Å²) in [5, 5.41) is 9.82. The van der Waals surface area contributed by atoms with E-state index >= 15 is 0 Å². The molecular weight excluding hydrogens is 304 g/mol. The van der Waals surface area contributed by atoms with E-state index in [-0.39, 0.29) is 23.5 Å². The average Bonchev–Trinajstić information content (AvgIpc) is 3.00. The van der Waals surface area contributed by atoms with E-state index in [0.29, 0.717) is 6.54 Å². The van der Waals surface area contributed by atoms with Gasteiger partial charge in [0.05, 0.1) is 11.5 Å². The molecule has 0 radical (unpaired) electrons. The van der Waals surface area contributed by atoms with E-state index in [0.717, 1.165) is 37.1 Å². The third-order valence-corrected chi connectivity index (χ3v) is 5.18. The number of aromatic amines is 1. The van der Waals surface area contributed by atoms with E-state index in [1.54, 1.807) is 0 Å². The molecule has 0 unspecified atom stereocenters. The lowest BCUT2D eigenvalue weighted by Gasteiger charge is -2.19. The van der Waals surface area contributed by atoms with Crippen LogP contribution in [0.4, 0.5) is 0 Å². The van der Waals surface area contributed by atoms with Gasteiger partial charge >= 0.3 is 0 Å². The lowest BCUT2D eigenvalue weighted by atomic mass is 9.91. The maximum absolute atomic E-state index is 12.8. The predicted octanol–water partition coefficient (Wildman–Crippen LogP) is 2.18. The number of aryl methyl sites for hydroxylation is 1. The summed E-state index contributed by atoms with van der Waals surface area (Å²) in [7, 11) is 0. The molecule has 0 spiro atoms. The second-order valence-electron chi connectivity index (χ2n) is 6.80. The molecule has 126 valence electrons. The van der Waals surface area contributed by atoms with E-state index in [1.165, 1.54) is 11.9 Å². The number of nitrogens with one attached hydrogen (secondary N) is 2. The highest BCUT2D eigenvalue weighted by molar-refractivity contribution is 5.91. The highest BCUT2D eigenvalue weighted by atomic mass is 16.5. The Morgan fingerprint density at radius 2 is 2.21 bits per heavy atom. The molecule has 24 heavy (non-hydrogen) atoms. The molecule has 6 heteroatoms. The van der Waals surface area contributed by atoms with Crippen LogP contribution in [-0.4, -0.2) is 33.7 Å². The Balaban J connectivity index is 1.35. The van der Waals surface area contributed by atoms with Crippen molar-refractivity contribution in [1.29, 1.82) is 0 Å². The van der Waals surface area contributed by atoms with Crippen molar-refractivity contribution in [3.05, 3.63) is 47.5 Å². The number of H-pyrrole nitrogens is 1. The lowest BCUT2D eigenvalue weighted by molar-refractivity contribution is -0.124. The fourth-order valence-corrected chi connectivity index (χ4v) is 3.66. The van der Waals surface area contributed by atoms with Gasteiger partial charge in [-0.05, 0) is 43.7 Å². The fourth-order valence-electron chi connectivity index (χ4n) is 3.66. The fraction of sp³-hybridized carbons (Fsp3) is 0.500. The number of carbonyl (C=O) groups is 1. The molecule has 1 aliphatic carbocycles. The van der Waals surface area contributed by atoms with Crippen molar-refractivity contribution < 1.29 is 9.53 Å². The summed E-state index contributed by atoms with van der Waals surface area (Å²) >= 11 is 0. The molecule has 2 fully saturated rings. The highest BCUT2D eigenvalue weighted by Gasteiger charge is 2.51. The van der Waals surface area contributed by atoms with Crippen LogP contribution in [0, 0.1) is 6.92 Å². The normalized spacial score (nSPS) is 24.7. The number of carbonyl (C=O) groups excluding carboxylic acids is 1. The van der Waals surface area contributed by atoms with Gasteiger partial charge in [-0.25, -0.2) is 4.98 Å². The maximum atomic E-state index is 12.8. The van der Waals surface area contributed by atoms with Crippen LogP contribution >= 0.6 is 0 Å². The van der Waals surface area contributed by atoms with Gasteiger partial charge in [0.15, 0.2) is 5.82 Å². The minimum atomic E-state index is -0.325. The SMILES string of the molecule is Cc1ccccc1C1(C(=O)NC[C@H]2CC[C@@H](c3ncn[nH]3)O2)CC1. The van der Waals surface area contributed by atoms with Crippen LogP contribution in [0.3, 0.4) is 0 Å². The first-order valence-corrected chi connectivity index (χ1v) is 8.54. The molecule has 2 aromatic rings. The van der Waals surface area contributed by atoms with Crippen molar-refractivity contribution in [3.8, 4) is 0 Å². The maximum Gasteiger partial charge on any atom is 0.230 e. The number of hydrogen-bond acceptors (Lipinski definition) is 4. The van der Waals surface area contributed by atoms with E-state index in [1.807, 2.05) is 12.1 Å². The van der Waals surface area contributed by atoms with Crippen molar-refractivity contribution in [2.75, 3.05) is 6.54 Å². The monoisotopic (exact) mass is 326 g/mol. The molecule has 1 saturated heterocycles. The van der Waals surface area contributed by atoms with E-state index < -0.39 is 0 Å². The zero-order valence-corrected chi connectivity index (χ0v) is 13.8. The molecule has 2 heterocycles. The number of hydrogen-bond donors (Lipinski definition) is 2. The van der Waals surface area contributed by atoms with Crippen LogP contribution in [0.2, 0.25) is 0 Å². The number of benzene rings is 1. The van der Waals surface area contributed by atoms with E-state index in [2.05, 4.69) is 39.6 Å². The van der Waals surface area contributed by atoms with Crippen molar-refractivity contribution in [1.82, 2.24) is 20.5 Å². The molecule has 4 rings (SSSR count). The summed E-state index contributed by atoms with van der Waals surface area (Å²) in [6, 6.07) is 8.18. The molecular formula is C18H22N4O2. The minimum absolute atomic E-state index is 0.0386. The van der Waals surface area contributed by atoms with Gasteiger partial charge in [-0.3, -0.25) is 9.89 Å². The number of nitrogens with zero attached hydrogens (tertiary/aromatic N) is 2. The van der Waals surface area contributed by atoms with Gasteiger partial charge in [0.25, 0.3) is 0 Å². The van der Waals surface area contributed by atoms with Crippen LogP contribution in [0.25, 0.3) is 0 Å². The number of amides is 1. The Morgan fingerprint density at radius 3 is 2.92 bits per heavy atom. The zero-order chi connectivity index (χ0) is 16.6. The topological polar surface area (TPSA) is 79.9 Å². The smallest absolute Gasteiger partial charge is 0.230 e. The Labute approximate surface area is 141 Å². The molecule has 2 atom stereocenters. The number of rotatable bonds is 5. The van der Waals surface area contributed by atoms with Gasteiger partial charge in [0.1, 0.15) is 12.4 Å². The van der Waals surface area contributed by atoms with E-state index in [9.17, 15) is 4.79 Å². The van der Waals surface area contributed by atoms with Gasteiger partial charge in [0.2, 0.25) is 5.91 Å². The molecule has 1 amide bonds. The van der Waals surface area contributed by atoms with E-state index in [4.69, 9.17) is 4.74 Å². The summed E-state index contributed by atoms with van der Waals surface area (Å²) < 4.78 is 5.97. The first-order valence-electron chi connectivity index (χ1n) is 8.54. The summed E-state index contributed by atoms with van der Waals surface area (Å²) in [5.41, 5.74) is 2.02. The predicted molar refractivity (Wildman–Crippen MR) is 88.3 cm³/mol. The van der Waals surface area contributed by atoms with Crippen LogP contribution in [0.5, 0.6) is 0 Å². The third kappa shape index (κ3) is 2.71. The molecule has 2 N–H and O–H groups in total. The van der Waals surface area contributed by atoms with Gasteiger partial charge < -0.3 is 10.1 Å². The Hall–Kier alpha value is -2.21. The van der Waals surface area contributed by atoms with Crippen molar-refractivity contribution in [2.45, 2.75) is 50.2 Å². The first-order chi connectivity index (χ1) is 11.7. The van der Waals surface area contributed by atoms with Crippen LogP contribution in [-0.2, 0) is 14.9 Å². The van der Waals surface area contributed by atoms with Crippen molar-refractivity contribution >= 4 is 5.91 Å². The average molecular weight is 326 g/mol. The van der Waals surface area contributed by atoms with Gasteiger partial charge in [-0.15, -0.1) is 0 Å². The summed E-state index contributed by atoms with van der Waals surface area (Å²) in [4.78, 5) is 16.9. The van der Waals surface area contributed by atoms with Crippen molar-refractivity contribution in [2.24, 2.45) is 0 Å². The standard InChI is InChI=1S/C18H22N4O2/c1-12-4-2-3-5-14(12)18(8-9-18)17(23)19-10-13-6-7-15(24-13)16-20-11-21-22-16/h2-5,11,13,15H,6-10H2,1H3,(H,19,23)(H,20,21,22)/t13-,15+/m1/s1. The quantitative estimate of drug-likeness (QED) is 0.882. The molecule has 2 aliphatic rings. The van der Waals surface area contributed by atoms with Crippen LogP contribution in [0.1, 0.15) is 48.7 Å². The first kappa shape index (κ1) is 15.3.